The minimum absolute atomic E-state index is 0.0314. The Bertz CT molecular complexity index is 522. The van der Waals surface area contributed by atoms with Gasteiger partial charge in [-0.2, -0.15) is 0 Å². The highest BCUT2D eigenvalue weighted by Crippen LogP contribution is 2.19. The zero-order chi connectivity index (χ0) is 14.4. The van der Waals surface area contributed by atoms with Crippen LogP contribution in [-0.4, -0.2) is 23.8 Å². The van der Waals surface area contributed by atoms with Crippen molar-refractivity contribution in [2.45, 2.75) is 19.4 Å². The van der Waals surface area contributed by atoms with E-state index in [0.717, 1.165) is 25.2 Å². The molecule has 1 aromatic carbocycles. The average molecular weight is 287 g/mol. The smallest absolute Gasteiger partial charge is 0.0995 e. The van der Waals surface area contributed by atoms with Crippen molar-refractivity contribution in [2.75, 3.05) is 13.1 Å². The second-order valence-electron chi connectivity index (χ2n) is 4.83. The molecule has 3 nitrogen and oxygen atoms in total. The summed E-state index contributed by atoms with van der Waals surface area (Å²) in [5.74, 6) is 0.206. The lowest BCUT2D eigenvalue weighted by Crippen LogP contribution is -2.34. The molecule has 0 saturated heterocycles. The summed E-state index contributed by atoms with van der Waals surface area (Å²) in [5.41, 5.74) is 6.92. The monoisotopic (exact) mass is 287 g/mol. The number of hydrogen-bond donors (Lipinski definition) is 2. The van der Waals surface area contributed by atoms with Gasteiger partial charge in [0.2, 0.25) is 0 Å². The van der Waals surface area contributed by atoms with E-state index < -0.39 is 0 Å². The van der Waals surface area contributed by atoms with Crippen molar-refractivity contribution in [3.63, 3.8) is 0 Å². The highest BCUT2D eigenvalue weighted by Gasteiger charge is 2.18. The van der Waals surface area contributed by atoms with E-state index >= 15 is 0 Å². The van der Waals surface area contributed by atoms with Crippen molar-refractivity contribution in [1.29, 1.82) is 5.41 Å². The molecule has 2 rings (SSSR count). The number of nitrogens with two attached hydrogens (primary N) is 1. The van der Waals surface area contributed by atoms with Gasteiger partial charge in [-0.15, -0.1) is 11.3 Å². The van der Waals surface area contributed by atoms with Crippen LogP contribution in [0.3, 0.4) is 0 Å². The van der Waals surface area contributed by atoms with Gasteiger partial charge >= 0.3 is 0 Å². The quantitative estimate of drug-likeness (QED) is 0.606. The van der Waals surface area contributed by atoms with E-state index in [-0.39, 0.29) is 11.8 Å². The Balaban J connectivity index is 2.08. The van der Waals surface area contributed by atoms with Gasteiger partial charge in [-0.05, 0) is 23.6 Å². The molecule has 1 heterocycles. The average Bonchev–Trinajstić information content (AvgIpc) is 2.96. The molecule has 1 unspecified atom stereocenters. The number of nitrogens with zero attached hydrogens (tertiary/aromatic N) is 1. The summed E-state index contributed by atoms with van der Waals surface area (Å²) in [4.78, 5) is 3.69. The summed E-state index contributed by atoms with van der Waals surface area (Å²) in [6, 6.07) is 14.3. The third-order valence-electron chi connectivity index (χ3n) is 3.42. The van der Waals surface area contributed by atoms with Crippen molar-refractivity contribution < 1.29 is 0 Å². The van der Waals surface area contributed by atoms with Crippen molar-refractivity contribution in [2.24, 2.45) is 5.73 Å². The van der Waals surface area contributed by atoms with Gasteiger partial charge in [0, 0.05) is 18.0 Å². The highest BCUT2D eigenvalue weighted by atomic mass is 32.1. The Hall–Kier alpha value is -1.65. The summed E-state index contributed by atoms with van der Waals surface area (Å²) < 4.78 is 0. The van der Waals surface area contributed by atoms with Crippen molar-refractivity contribution in [1.82, 2.24) is 4.90 Å². The van der Waals surface area contributed by atoms with E-state index in [2.05, 4.69) is 29.3 Å². The third-order valence-corrected chi connectivity index (χ3v) is 4.29. The van der Waals surface area contributed by atoms with Crippen LogP contribution >= 0.6 is 11.3 Å². The largest absolute Gasteiger partial charge is 0.387 e. The molecule has 0 saturated carbocycles. The van der Waals surface area contributed by atoms with E-state index in [1.54, 1.807) is 11.3 Å². The van der Waals surface area contributed by atoms with Gasteiger partial charge in [0.15, 0.2) is 0 Å². The molecule has 0 aliphatic carbocycles. The lowest BCUT2D eigenvalue weighted by molar-refractivity contribution is 0.279. The molecule has 20 heavy (non-hydrogen) atoms. The molecular weight excluding hydrogens is 266 g/mol. The fraction of sp³-hybridized carbons (Fsp3) is 0.312. The Morgan fingerprint density at radius 2 is 2.00 bits per heavy atom. The SMILES string of the molecule is CCN(Cc1cccs1)CC(C(=N)N)c1ccccc1. The summed E-state index contributed by atoms with van der Waals surface area (Å²) in [5, 5.41) is 9.96. The molecule has 0 aliphatic heterocycles. The van der Waals surface area contributed by atoms with Crippen LogP contribution in [0.1, 0.15) is 23.3 Å². The van der Waals surface area contributed by atoms with Crippen LogP contribution in [0.2, 0.25) is 0 Å². The molecule has 0 bridgehead atoms. The first-order valence-corrected chi connectivity index (χ1v) is 7.72. The second kappa shape index (κ2) is 7.22. The molecule has 1 aromatic heterocycles. The van der Waals surface area contributed by atoms with E-state index in [1.165, 1.54) is 4.88 Å². The molecule has 0 radical (unpaired) electrons. The zero-order valence-corrected chi connectivity index (χ0v) is 12.6. The van der Waals surface area contributed by atoms with Crippen LogP contribution in [-0.2, 0) is 6.54 Å². The minimum Gasteiger partial charge on any atom is -0.387 e. The predicted octanol–water partition coefficient (Wildman–Crippen LogP) is 3.29. The van der Waals surface area contributed by atoms with E-state index in [1.807, 2.05) is 30.3 Å². The molecule has 0 aliphatic rings. The van der Waals surface area contributed by atoms with E-state index in [4.69, 9.17) is 11.1 Å². The van der Waals surface area contributed by atoms with Gasteiger partial charge in [-0.3, -0.25) is 10.3 Å². The third kappa shape index (κ3) is 3.92. The predicted molar refractivity (Wildman–Crippen MR) is 86.4 cm³/mol. The van der Waals surface area contributed by atoms with Crippen LogP contribution in [0.5, 0.6) is 0 Å². The highest BCUT2D eigenvalue weighted by molar-refractivity contribution is 7.09. The molecule has 1 atom stereocenters. The molecule has 2 aromatic rings. The molecule has 0 amide bonds. The summed E-state index contributed by atoms with van der Waals surface area (Å²) in [6.45, 7) is 4.81. The fourth-order valence-corrected chi connectivity index (χ4v) is 3.00. The molecule has 3 N–H and O–H groups in total. The van der Waals surface area contributed by atoms with Crippen LogP contribution in [0.4, 0.5) is 0 Å². The van der Waals surface area contributed by atoms with Crippen LogP contribution < -0.4 is 5.73 Å². The van der Waals surface area contributed by atoms with E-state index in [9.17, 15) is 0 Å². The summed E-state index contributed by atoms with van der Waals surface area (Å²) in [7, 11) is 0. The minimum atomic E-state index is -0.0314. The van der Waals surface area contributed by atoms with Gasteiger partial charge < -0.3 is 5.73 Å². The summed E-state index contributed by atoms with van der Waals surface area (Å²) >= 11 is 1.77. The van der Waals surface area contributed by atoms with Gasteiger partial charge in [-0.1, -0.05) is 43.3 Å². The van der Waals surface area contributed by atoms with Crippen molar-refractivity contribution in [3.8, 4) is 0 Å². The first-order valence-electron chi connectivity index (χ1n) is 6.84. The molecular formula is C16H21N3S. The maximum Gasteiger partial charge on any atom is 0.0995 e. The molecule has 4 heteroatoms. The maximum absolute atomic E-state index is 7.86. The number of rotatable bonds is 7. The first kappa shape index (κ1) is 14.8. The van der Waals surface area contributed by atoms with Crippen LogP contribution in [0.25, 0.3) is 0 Å². The lowest BCUT2D eigenvalue weighted by atomic mass is 9.97. The fourth-order valence-electron chi connectivity index (χ4n) is 2.26. The zero-order valence-electron chi connectivity index (χ0n) is 11.8. The Labute approximate surface area is 124 Å². The van der Waals surface area contributed by atoms with Crippen molar-refractivity contribution in [3.05, 3.63) is 58.3 Å². The molecule has 0 fully saturated rings. The van der Waals surface area contributed by atoms with E-state index in [0.29, 0.717) is 0 Å². The number of thiophene rings is 1. The normalized spacial score (nSPS) is 12.5. The number of likely N-dealkylation sites (N-methyl/N-ethyl adjacent to an activating group) is 1. The Kier molecular flexibility index (Phi) is 5.32. The first-order chi connectivity index (χ1) is 9.70. The van der Waals surface area contributed by atoms with Crippen molar-refractivity contribution >= 4 is 17.2 Å². The maximum atomic E-state index is 7.86. The second-order valence-corrected chi connectivity index (χ2v) is 5.86. The Morgan fingerprint density at radius 3 is 2.55 bits per heavy atom. The standard InChI is InChI=1S/C16H21N3S/c1-2-19(11-14-9-6-10-20-14)12-15(16(17)18)13-7-4-3-5-8-13/h3-10,15H,2,11-12H2,1H3,(H3,17,18). The van der Waals surface area contributed by atoms with Gasteiger partial charge in [0.1, 0.15) is 0 Å². The molecule has 0 spiro atoms. The topological polar surface area (TPSA) is 53.1 Å². The van der Waals surface area contributed by atoms with Gasteiger partial charge in [-0.25, -0.2) is 0 Å². The molecule has 106 valence electrons. The Morgan fingerprint density at radius 1 is 1.25 bits per heavy atom. The number of hydrogen-bond acceptors (Lipinski definition) is 3. The van der Waals surface area contributed by atoms with Gasteiger partial charge in [0.25, 0.3) is 0 Å². The van der Waals surface area contributed by atoms with Gasteiger partial charge in [0.05, 0.1) is 11.8 Å². The lowest BCUT2D eigenvalue weighted by Gasteiger charge is -2.25. The number of amidine groups is 1. The number of benzene rings is 1. The summed E-state index contributed by atoms with van der Waals surface area (Å²) in [6.07, 6.45) is 0. The van der Waals surface area contributed by atoms with Crippen LogP contribution in [0.15, 0.2) is 47.8 Å². The van der Waals surface area contributed by atoms with Crippen LogP contribution in [0, 0.1) is 5.41 Å². The number of nitrogens with one attached hydrogen (secondary N) is 1.